The molecule has 4 aromatic rings. The zero-order valence-corrected chi connectivity index (χ0v) is 27.9. The Kier molecular flexibility index (Phi) is 8.67. The second-order valence-corrected chi connectivity index (χ2v) is 16.2. The molecule has 234 valence electrons. The molecular weight excluding hydrogens is 567 g/mol. The number of ether oxygens (including phenoxy) is 1. The molecule has 9 heteroatoms. The molecule has 0 spiro atoms. The molecule has 2 aromatic carbocycles. The summed E-state index contributed by atoms with van der Waals surface area (Å²) in [5.74, 6) is 1.68. The summed E-state index contributed by atoms with van der Waals surface area (Å²) in [5, 5.41) is 9.13. The number of benzene rings is 2. The predicted octanol–water partition coefficient (Wildman–Crippen LogP) is 7.71. The first-order valence-electron chi connectivity index (χ1n) is 16.1. The average molecular weight is 615 g/mol. The van der Waals surface area contributed by atoms with E-state index < -0.39 is 7.14 Å². The van der Waals surface area contributed by atoms with E-state index >= 15 is 0 Å². The summed E-state index contributed by atoms with van der Waals surface area (Å²) in [6.07, 6.45) is 7.80. The van der Waals surface area contributed by atoms with Gasteiger partial charge in [0.1, 0.15) is 24.4 Å². The van der Waals surface area contributed by atoms with Gasteiger partial charge in [0.2, 0.25) is 0 Å². The highest BCUT2D eigenvalue weighted by atomic mass is 31.2. The van der Waals surface area contributed by atoms with E-state index in [4.69, 9.17) is 9.72 Å². The lowest BCUT2D eigenvalue weighted by Crippen LogP contribution is -2.44. The van der Waals surface area contributed by atoms with Crippen molar-refractivity contribution in [2.24, 2.45) is 0 Å². The zero-order valence-electron chi connectivity index (χ0n) is 27.0. The van der Waals surface area contributed by atoms with Gasteiger partial charge in [0.05, 0.1) is 17.5 Å². The van der Waals surface area contributed by atoms with E-state index in [1.165, 1.54) is 25.7 Å². The summed E-state index contributed by atoms with van der Waals surface area (Å²) in [4.78, 5) is 13.4. The molecule has 2 aliphatic rings. The maximum atomic E-state index is 13.1. The number of hydrogen-bond acceptors (Lipinski definition) is 7. The van der Waals surface area contributed by atoms with Crippen LogP contribution in [0.3, 0.4) is 0 Å². The van der Waals surface area contributed by atoms with E-state index in [0.29, 0.717) is 6.04 Å². The third-order valence-corrected chi connectivity index (χ3v) is 10.5. The highest BCUT2D eigenvalue weighted by molar-refractivity contribution is 7.70. The Morgan fingerprint density at radius 2 is 1.77 bits per heavy atom. The van der Waals surface area contributed by atoms with E-state index in [-0.39, 0.29) is 6.10 Å². The van der Waals surface area contributed by atoms with Crippen LogP contribution in [0.15, 0.2) is 54.7 Å². The van der Waals surface area contributed by atoms with Crippen LogP contribution < -0.4 is 25.6 Å². The lowest BCUT2D eigenvalue weighted by Gasteiger charge is -2.38. The van der Waals surface area contributed by atoms with E-state index in [9.17, 15) is 4.57 Å². The molecule has 3 heterocycles. The Labute approximate surface area is 262 Å². The molecule has 6 rings (SSSR count). The third-order valence-electron chi connectivity index (χ3n) is 8.99. The Bertz CT molecular complexity index is 1670. The molecule has 8 nitrogen and oxygen atoms in total. The lowest BCUT2D eigenvalue weighted by atomic mass is 10.0. The molecular formula is C35H47N6O2P. The largest absolute Gasteiger partial charge is 0.489 e. The summed E-state index contributed by atoms with van der Waals surface area (Å²) in [7, 11) is -0.189. The maximum absolute atomic E-state index is 13.1. The molecule has 44 heavy (non-hydrogen) atoms. The van der Waals surface area contributed by atoms with Crippen molar-refractivity contribution in [3.63, 3.8) is 0 Å². The second-order valence-electron chi connectivity index (χ2n) is 13.0. The van der Waals surface area contributed by atoms with Crippen molar-refractivity contribution < 1.29 is 9.30 Å². The Hall–Kier alpha value is -3.48. The van der Waals surface area contributed by atoms with Gasteiger partial charge in [-0.05, 0) is 96.7 Å². The van der Waals surface area contributed by atoms with Crippen molar-refractivity contribution >= 4 is 52.0 Å². The number of pyridine rings is 1. The average Bonchev–Trinajstić information content (AvgIpc) is 3.74. The minimum absolute atomic E-state index is 0.0612. The van der Waals surface area contributed by atoms with Gasteiger partial charge in [-0.2, -0.15) is 0 Å². The fraction of sp³-hybridized carbons (Fsp3) is 0.457. The van der Waals surface area contributed by atoms with Crippen LogP contribution in [0, 0.1) is 0 Å². The molecule has 1 saturated carbocycles. The predicted molar refractivity (Wildman–Crippen MR) is 186 cm³/mol. The monoisotopic (exact) mass is 614 g/mol. The highest BCUT2D eigenvalue weighted by Crippen LogP contribution is 2.41. The number of nitrogens with one attached hydrogen (secondary N) is 3. The first-order valence-corrected chi connectivity index (χ1v) is 18.7. The van der Waals surface area contributed by atoms with Crippen LogP contribution in [-0.2, 0) is 11.0 Å². The van der Waals surface area contributed by atoms with Crippen molar-refractivity contribution in [3.8, 4) is 5.75 Å². The number of fused-ring (bicyclic) bond motifs is 1. The smallest absolute Gasteiger partial charge is 0.145 e. The van der Waals surface area contributed by atoms with Gasteiger partial charge in [0.15, 0.2) is 0 Å². The molecule has 0 bridgehead atoms. The summed E-state index contributed by atoms with van der Waals surface area (Å²) in [5.41, 5.74) is 5.76. The Morgan fingerprint density at radius 3 is 2.45 bits per heavy atom. The number of anilines is 5. The highest BCUT2D eigenvalue weighted by Gasteiger charge is 2.33. The fourth-order valence-electron chi connectivity index (χ4n) is 6.52. The molecule has 0 radical (unpaired) electrons. The van der Waals surface area contributed by atoms with Gasteiger partial charge in [-0.3, -0.25) is 0 Å². The first-order chi connectivity index (χ1) is 21.1. The SMILES string of the molecule is CCc1c(Nc2ccc(N3CCC(N(C)C4CC4)CC3)c(OC(C)C)c2)nc2[nH]ccc2c1Nc1ccccc1P(C)(C)=O. The zero-order chi connectivity index (χ0) is 31.0. The number of para-hydroxylation sites is 1. The molecule has 0 unspecified atom stereocenters. The Morgan fingerprint density at radius 1 is 1.05 bits per heavy atom. The Balaban J connectivity index is 1.31. The van der Waals surface area contributed by atoms with Crippen LogP contribution in [-0.4, -0.2) is 66.5 Å². The van der Waals surface area contributed by atoms with Crippen molar-refractivity contribution in [1.82, 2.24) is 14.9 Å². The number of H-pyrrole nitrogens is 1. The molecule has 3 N–H and O–H groups in total. The summed E-state index contributed by atoms with van der Waals surface area (Å²) < 4.78 is 19.5. The van der Waals surface area contributed by atoms with Gasteiger partial charge in [-0.25, -0.2) is 4.98 Å². The quantitative estimate of drug-likeness (QED) is 0.149. The topological polar surface area (TPSA) is 85.5 Å². The van der Waals surface area contributed by atoms with Crippen molar-refractivity contribution in [2.45, 2.75) is 71.1 Å². The van der Waals surface area contributed by atoms with Gasteiger partial charge in [0.25, 0.3) is 0 Å². The van der Waals surface area contributed by atoms with Crippen LogP contribution in [0.4, 0.5) is 28.6 Å². The van der Waals surface area contributed by atoms with Crippen molar-refractivity contribution in [2.75, 3.05) is 49.0 Å². The molecule has 0 atom stereocenters. The minimum atomic E-state index is -2.49. The molecule has 2 aromatic heterocycles. The standard InChI is InChI=1S/C35H47N6O2P/c1-7-27-33(38-29-10-8-9-11-32(29)44(5,6)42)28-16-19-36-34(28)39-35(27)37-24-12-15-30(31(22-24)43-23(2)3)41-20-17-26(18-21-41)40(4)25-13-14-25/h8-12,15-16,19,22-23,25-26H,7,13-14,17-18,20-21H2,1-6H3,(H3,36,37,38,39). The van der Waals surface area contributed by atoms with Crippen molar-refractivity contribution in [3.05, 3.63) is 60.3 Å². The van der Waals surface area contributed by atoms with Gasteiger partial charge in [0, 0.05) is 65.1 Å². The summed E-state index contributed by atoms with van der Waals surface area (Å²) in [6.45, 7) is 12.0. The lowest BCUT2D eigenvalue weighted by molar-refractivity contribution is 0.198. The number of aromatic amines is 1. The molecule has 1 aliphatic heterocycles. The van der Waals surface area contributed by atoms with Crippen LogP contribution >= 0.6 is 7.14 Å². The van der Waals surface area contributed by atoms with E-state index in [1.54, 1.807) is 0 Å². The minimum Gasteiger partial charge on any atom is -0.489 e. The third kappa shape index (κ3) is 6.47. The van der Waals surface area contributed by atoms with Crippen LogP contribution in [0.25, 0.3) is 11.0 Å². The van der Waals surface area contributed by atoms with Gasteiger partial charge in [-0.15, -0.1) is 0 Å². The second kappa shape index (κ2) is 12.5. The molecule has 0 amide bonds. The van der Waals surface area contributed by atoms with Crippen molar-refractivity contribution in [1.29, 1.82) is 0 Å². The van der Waals surface area contributed by atoms with Crippen LogP contribution in [0.5, 0.6) is 5.75 Å². The molecule has 2 fully saturated rings. The fourth-order valence-corrected chi connectivity index (χ4v) is 7.68. The van der Waals surface area contributed by atoms with E-state index in [2.05, 4.69) is 71.4 Å². The number of hydrogen-bond donors (Lipinski definition) is 3. The number of piperidine rings is 1. The number of rotatable bonds is 11. The van der Waals surface area contributed by atoms with Gasteiger partial charge >= 0.3 is 0 Å². The van der Waals surface area contributed by atoms with Gasteiger partial charge in [-0.1, -0.05) is 19.1 Å². The summed E-state index contributed by atoms with van der Waals surface area (Å²) >= 11 is 0. The first kappa shape index (κ1) is 30.5. The van der Waals surface area contributed by atoms with E-state index in [0.717, 1.165) is 81.8 Å². The number of aromatic nitrogens is 2. The van der Waals surface area contributed by atoms with Crippen LogP contribution in [0.2, 0.25) is 0 Å². The van der Waals surface area contributed by atoms with Crippen LogP contribution in [0.1, 0.15) is 52.0 Å². The normalized spacial score (nSPS) is 16.2. The van der Waals surface area contributed by atoms with Gasteiger partial charge < -0.3 is 34.7 Å². The summed E-state index contributed by atoms with van der Waals surface area (Å²) in [6, 6.07) is 17.8. The number of nitrogens with zero attached hydrogens (tertiary/aromatic N) is 3. The molecule has 1 aliphatic carbocycles. The van der Waals surface area contributed by atoms with E-state index in [1.807, 2.05) is 49.9 Å². The molecule has 1 saturated heterocycles. The maximum Gasteiger partial charge on any atom is 0.145 e.